The summed E-state index contributed by atoms with van der Waals surface area (Å²) in [4.78, 5) is 29.9. The lowest BCUT2D eigenvalue weighted by Crippen LogP contribution is -2.31. The Labute approximate surface area is 255 Å². The van der Waals surface area contributed by atoms with Crippen LogP contribution in [0.1, 0.15) is 19.3 Å². The van der Waals surface area contributed by atoms with E-state index in [0.717, 1.165) is 0 Å². The maximum atomic E-state index is 14.7. The summed E-state index contributed by atoms with van der Waals surface area (Å²) in [5, 5.41) is 7.41. The van der Waals surface area contributed by atoms with Gasteiger partial charge >= 0.3 is 6.01 Å². The van der Waals surface area contributed by atoms with Crippen molar-refractivity contribution in [2.45, 2.75) is 31.5 Å². The zero-order valence-corrected chi connectivity index (χ0v) is 24.6. The predicted octanol–water partition coefficient (Wildman–Crippen LogP) is 5.84. The second kappa shape index (κ2) is 12.0. The molecule has 5 heterocycles. The summed E-state index contributed by atoms with van der Waals surface area (Å²) in [7, 11) is 1.84. The van der Waals surface area contributed by atoms with E-state index in [9.17, 15) is 13.6 Å². The summed E-state index contributed by atoms with van der Waals surface area (Å²) in [5.41, 5.74) is 1.28. The van der Waals surface area contributed by atoms with Gasteiger partial charge < -0.3 is 14.4 Å². The van der Waals surface area contributed by atoms with E-state index < -0.39 is 12.0 Å². The van der Waals surface area contributed by atoms with E-state index in [-0.39, 0.29) is 51.8 Å². The molecule has 2 aliphatic rings. The molecular weight excluding hydrogens is 603 g/mol. The molecule has 3 aromatic heterocycles. The molecule has 0 spiro atoms. The number of benzene rings is 1. The van der Waals surface area contributed by atoms with Crippen LogP contribution in [0.2, 0.25) is 10.2 Å². The van der Waals surface area contributed by atoms with Crippen molar-refractivity contribution < 1.29 is 23.0 Å². The van der Waals surface area contributed by atoms with Gasteiger partial charge in [-0.3, -0.25) is 14.8 Å². The van der Waals surface area contributed by atoms with Crippen LogP contribution in [0.3, 0.4) is 0 Å². The molecule has 0 aliphatic carbocycles. The Bertz CT molecular complexity index is 1770. The lowest BCUT2D eigenvalue weighted by Gasteiger charge is -2.24. The molecule has 4 aromatic rings. The lowest BCUT2D eigenvalue weighted by atomic mass is 10.1. The number of aromatic nitrogens is 5. The number of halogens is 4. The second-order valence-electron chi connectivity index (χ2n) is 10.5. The van der Waals surface area contributed by atoms with Crippen molar-refractivity contribution >= 4 is 56.6 Å². The zero-order valence-electron chi connectivity index (χ0n) is 23.1. The average molecular weight is 630 g/mol. The number of pyridine rings is 1. The standard InChI is InChI=1S/C29H27Cl2F2N7O3/c1-3-22(41)15-5-4-7-40(8-6-15)27-18-10-23(30)35-28(43-26-19-12-34-38-21(19)11-20(33)24(26)31)25(18)36-29(37-27)42-14-17-9-16(32)13-39(17)2/h3,5,10-12,16-17H,1,4,6-9,13-14H2,2H3,(H,34,38)/t16-,17-/m1/s1. The number of likely N-dealkylation sites (tertiary alicyclic amines) is 1. The van der Waals surface area contributed by atoms with Gasteiger partial charge in [-0.1, -0.05) is 35.9 Å². The highest BCUT2D eigenvalue weighted by molar-refractivity contribution is 6.33. The fraction of sp³-hybridized carbons (Fsp3) is 0.345. The van der Waals surface area contributed by atoms with E-state index in [4.69, 9.17) is 37.7 Å². The predicted molar refractivity (Wildman–Crippen MR) is 160 cm³/mol. The van der Waals surface area contributed by atoms with Crippen molar-refractivity contribution in [3.63, 3.8) is 0 Å². The first-order valence-corrected chi connectivity index (χ1v) is 14.4. The number of rotatable bonds is 8. The summed E-state index contributed by atoms with van der Waals surface area (Å²) >= 11 is 12.8. The Hall–Kier alpha value is -3.87. The molecule has 2 aliphatic heterocycles. The number of allylic oxidation sites excluding steroid dienone is 1. The molecule has 1 fully saturated rings. The third-order valence-electron chi connectivity index (χ3n) is 7.66. The van der Waals surface area contributed by atoms with Gasteiger partial charge in [0.1, 0.15) is 40.1 Å². The monoisotopic (exact) mass is 629 g/mol. The highest BCUT2D eigenvalue weighted by Crippen LogP contribution is 2.41. The molecule has 224 valence electrons. The van der Waals surface area contributed by atoms with E-state index >= 15 is 0 Å². The maximum absolute atomic E-state index is 14.7. The molecular formula is C29H27Cl2F2N7O3. The van der Waals surface area contributed by atoms with Crippen LogP contribution >= 0.6 is 23.2 Å². The first kappa shape index (κ1) is 29.2. The number of H-pyrrole nitrogens is 1. The average Bonchev–Trinajstić information content (AvgIpc) is 3.49. The van der Waals surface area contributed by atoms with Crippen LogP contribution in [0.4, 0.5) is 14.6 Å². The minimum absolute atomic E-state index is 0.0165. The van der Waals surface area contributed by atoms with E-state index in [1.807, 2.05) is 22.9 Å². The summed E-state index contributed by atoms with van der Waals surface area (Å²) in [5.74, 6) is -0.420. The Morgan fingerprint density at radius 1 is 1.23 bits per heavy atom. The molecule has 2 atom stereocenters. The van der Waals surface area contributed by atoms with Crippen LogP contribution in [-0.4, -0.2) is 81.3 Å². The molecule has 0 amide bonds. The van der Waals surface area contributed by atoms with Crippen molar-refractivity contribution in [1.29, 1.82) is 0 Å². The fourth-order valence-corrected chi connectivity index (χ4v) is 5.80. The van der Waals surface area contributed by atoms with Gasteiger partial charge in [0.15, 0.2) is 11.5 Å². The molecule has 1 saturated heterocycles. The number of ether oxygens (including phenoxy) is 2. The van der Waals surface area contributed by atoms with Crippen molar-refractivity contribution in [1.82, 2.24) is 30.0 Å². The molecule has 0 bridgehead atoms. The molecule has 0 radical (unpaired) electrons. The number of aromatic amines is 1. The number of nitrogens with one attached hydrogen (secondary N) is 1. The van der Waals surface area contributed by atoms with Crippen molar-refractivity contribution in [3.05, 3.63) is 58.6 Å². The van der Waals surface area contributed by atoms with Crippen LogP contribution in [0.25, 0.3) is 21.8 Å². The van der Waals surface area contributed by atoms with Crippen molar-refractivity contribution in [3.8, 4) is 17.6 Å². The number of ketones is 1. The molecule has 0 unspecified atom stereocenters. The van der Waals surface area contributed by atoms with Gasteiger partial charge in [0, 0.05) is 31.7 Å². The molecule has 0 saturated carbocycles. The Balaban J connectivity index is 1.44. The number of carbonyl (C=O) groups excluding carboxylic acids is 1. The first-order valence-electron chi connectivity index (χ1n) is 13.7. The minimum Gasteiger partial charge on any atom is -0.462 e. The maximum Gasteiger partial charge on any atom is 0.319 e. The van der Waals surface area contributed by atoms with Gasteiger partial charge in [-0.15, -0.1) is 0 Å². The normalized spacial score (nSPS) is 19.5. The van der Waals surface area contributed by atoms with Crippen molar-refractivity contribution in [2.24, 2.45) is 0 Å². The number of likely N-dealkylation sites (N-methyl/N-ethyl adjacent to an activating group) is 1. The van der Waals surface area contributed by atoms with E-state index in [1.54, 1.807) is 6.07 Å². The number of hydrogen-bond donors (Lipinski definition) is 1. The number of alkyl halides is 1. The summed E-state index contributed by atoms with van der Waals surface area (Å²) in [6, 6.07) is 2.68. The highest BCUT2D eigenvalue weighted by Gasteiger charge is 2.30. The number of nitrogens with zero attached hydrogens (tertiary/aromatic N) is 6. The highest BCUT2D eigenvalue weighted by atomic mass is 35.5. The largest absolute Gasteiger partial charge is 0.462 e. The lowest BCUT2D eigenvalue weighted by molar-refractivity contribution is -0.111. The fourth-order valence-electron chi connectivity index (χ4n) is 5.42. The third kappa shape index (κ3) is 5.86. The summed E-state index contributed by atoms with van der Waals surface area (Å²) < 4.78 is 40.9. The zero-order chi connectivity index (χ0) is 30.2. The van der Waals surface area contributed by atoms with Gasteiger partial charge in [-0.05, 0) is 44.0 Å². The third-order valence-corrected chi connectivity index (χ3v) is 8.20. The number of carbonyl (C=O) groups is 1. The molecule has 43 heavy (non-hydrogen) atoms. The van der Waals surface area contributed by atoms with E-state index in [2.05, 4.69) is 26.7 Å². The van der Waals surface area contributed by atoms with Crippen LogP contribution in [0.15, 0.2) is 42.6 Å². The Morgan fingerprint density at radius 2 is 2.07 bits per heavy atom. The SMILES string of the molecule is C=CC(=O)C1=CCCN(c2nc(OC[C@H]3C[C@@H](F)CN3C)nc3c(Oc4c(Cl)c(F)cc5[nH]ncc45)nc(Cl)cc23)CC1. The van der Waals surface area contributed by atoms with Crippen molar-refractivity contribution in [2.75, 3.05) is 38.2 Å². The van der Waals surface area contributed by atoms with Gasteiger partial charge in [0.05, 0.1) is 22.5 Å². The Kier molecular flexibility index (Phi) is 8.17. The van der Waals surface area contributed by atoms with Crippen LogP contribution < -0.4 is 14.4 Å². The van der Waals surface area contributed by atoms with Crippen LogP contribution in [-0.2, 0) is 4.79 Å². The van der Waals surface area contributed by atoms with Gasteiger partial charge in [-0.25, -0.2) is 8.78 Å². The minimum atomic E-state index is -0.939. The van der Waals surface area contributed by atoms with Gasteiger partial charge in [0.25, 0.3) is 0 Å². The molecule has 1 aromatic carbocycles. The second-order valence-corrected chi connectivity index (χ2v) is 11.2. The number of hydrogen-bond acceptors (Lipinski definition) is 9. The van der Waals surface area contributed by atoms with Gasteiger partial charge in [-0.2, -0.15) is 20.1 Å². The first-order chi connectivity index (χ1) is 20.7. The molecule has 14 heteroatoms. The van der Waals surface area contributed by atoms with E-state index in [1.165, 1.54) is 18.3 Å². The summed E-state index contributed by atoms with van der Waals surface area (Å²) in [6.07, 6.45) is 5.11. The molecule has 6 rings (SSSR count). The Morgan fingerprint density at radius 3 is 2.84 bits per heavy atom. The van der Waals surface area contributed by atoms with Crippen LogP contribution in [0, 0.1) is 5.82 Å². The van der Waals surface area contributed by atoms with E-state index in [0.29, 0.717) is 66.6 Å². The molecule has 1 N–H and O–H groups in total. The van der Waals surface area contributed by atoms with Gasteiger partial charge in [0.2, 0.25) is 5.88 Å². The smallest absolute Gasteiger partial charge is 0.319 e. The quantitative estimate of drug-likeness (QED) is 0.190. The number of fused-ring (bicyclic) bond motifs is 2. The summed E-state index contributed by atoms with van der Waals surface area (Å²) in [6.45, 7) is 5.08. The molecule has 10 nitrogen and oxygen atoms in total. The van der Waals surface area contributed by atoms with Crippen LogP contribution in [0.5, 0.6) is 17.6 Å². The topological polar surface area (TPSA) is 109 Å². The number of anilines is 1.